The molecular formula is C15H17FN2O. The van der Waals surface area contributed by atoms with Gasteiger partial charge in [-0.15, -0.1) is 0 Å². The summed E-state index contributed by atoms with van der Waals surface area (Å²) in [7, 11) is 1.45. The van der Waals surface area contributed by atoms with Crippen LogP contribution < -0.4 is 10.5 Å². The van der Waals surface area contributed by atoms with E-state index in [0.29, 0.717) is 12.0 Å². The number of hydrogen-bond acceptors (Lipinski definition) is 3. The zero-order valence-corrected chi connectivity index (χ0v) is 10.8. The Bertz CT molecular complexity index is 531. The predicted octanol–water partition coefficient (Wildman–Crippen LogP) is 2.86. The third-order valence-corrected chi connectivity index (χ3v) is 3.11. The van der Waals surface area contributed by atoms with Crippen molar-refractivity contribution in [3.63, 3.8) is 0 Å². The lowest BCUT2D eigenvalue weighted by molar-refractivity contribution is 0.381. The summed E-state index contributed by atoms with van der Waals surface area (Å²) in [6.45, 7) is 0. The molecule has 1 aromatic carbocycles. The molecule has 1 heterocycles. The van der Waals surface area contributed by atoms with Crippen molar-refractivity contribution in [3.8, 4) is 5.75 Å². The number of halogens is 1. The molecule has 0 aliphatic carbocycles. The molecule has 0 radical (unpaired) electrons. The van der Waals surface area contributed by atoms with Gasteiger partial charge in [-0.2, -0.15) is 0 Å². The molecule has 100 valence electrons. The third-order valence-electron chi connectivity index (χ3n) is 3.11. The highest BCUT2D eigenvalue weighted by Gasteiger charge is 2.14. The Morgan fingerprint density at radius 3 is 2.68 bits per heavy atom. The Hall–Kier alpha value is -1.94. The molecule has 1 unspecified atom stereocenters. The minimum Gasteiger partial charge on any atom is -0.494 e. The lowest BCUT2D eigenvalue weighted by Crippen LogP contribution is -2.13. The number of aryl methyl sites for hydroxylation is 1. The van der Waals surface area contributed by atoms with E-state index in [9.17, 15) is 4.39 Å². The molecule has 19 heavy (non-hydrogen) atoms. The SMILES string of the molecule is COc1cccc(C(N)CCc2ccncc2)c1F. The Morgan fingerprint density at radius 2 is 2.00 bits per heavy atom. The van der Waals surface area contributed by atoms with Crippen molar-refractivity contribution in [2.24, 2.45) is 5.73 Å². The fraction of sp³-hybridized carbons (Fsp3) is 0.267. The first-order chi connectivity index (χ1) is 9.22. The quantitative estimate of drug-likeness (QED) is 0.899. The molecule has 0 spiro atoms. The normalized spacial score (nSPS) is 12.2. The van der Waals surface area contributed by atoms with Crippen molar-refractivity contribution >= 4 is 0 Å². The number of rotatable bonds is 5. The van der Waals surface area contributed by atoms with E-state index in [1.807, 2.05) is 12.1 Å². The molecule has 0 bridgehead atoms. The summed E-state index contributed by atoms with van der Waals surface area (Å²) in [5.41, 5.74) is 7.70. The summed E-state index contributed by atoms with van der Waals surface area (Å²) in [5.74, 6) is -0.135. The summed E-state index contributed by atoms with van der Waals surface area (Å²) in [5, 5.41) is 0. The first kappa shape index (κ1) is 13.5. The van der Waals surface area contributed by atoms with Gasteiger partial charge in [0.25, 0.3) is 0 Å². The van der Waals surface area contributed by atoms with Gasteiger partial charge < -0.3 is 10.5 Å². The van der Waals surface area contributed by atoms with E-state index < -0.39 is 0 Å². The van der Waals surface area contributed by atoms with Gasteiger partial charge in [0.1, 0.15) is 0 Å². The molecular weight excluding hydrogens is 243 g/mol. The summed E-state index contributed by atoms with van der Waals surface area (Å²) in [6, 6.07) is 8.58. The molecule has 2 rings (SSSR count). The van der Waals surface area contributed by atoms with Crippen molar-refractivity contribution in [2.45, 2.75) is 18.9 Å². The van der Waals surface area contributed by atoms with Crippen LogP contribution in [0.1, 0.15) is 23.6 Å². The number of aromatic nitrogens is 1. The van der Waals surface area contributed by atoms with Crippen LogP contribution in [0.2, 0.25) is 0 Å². The molecule has 0 fully saturated rings. The van der Waals surface area contributed by atoms with Crippen LogP contribution in [-0.2, 0) is 6.42 Å². The fourth-order valence-corrected chi connectivity index (χ4v) is 2.00. The topological polar surface area (TPSA) is 48.1 Å². The van der Waals surface area contributed by atoms with Crippen molar-refractivity contribution in [1.29, 1.82) is 0 Å². The van der Waals surface area contributed by atoms with E-state index in [0.717, 1.165) is 12.0 Å². The molecule has 3 nitrogen and oxygen atoms in total. The standard InChI is InChI=1S/C15H17FN2O/c1-19-14-4-2-3-12(15(14)16)13(17)6-5-11-7-9-18-10-8-11/h2-4,7-10,13H,5-6,17H2,1H3. The Kier molecular flexibility index (Phi) is 4.47. The van der Waals surface area contributed by atoms with Gasteiger partial charge in [0, 0.05) is 24.0 Å². The molecule has 0 aliphatic rings. The van der Waals surface area contributed by atoms with E-state index in [2.05, 4.69) is 4.98 Å². The van der Waals surface area contributed by atoms with Gasteiger partial charge in [-0.3, -0.25) is 4.98 Å². The van der Waals surface area contributed by atoms with Gasteiger partial charge in [0.05, 0.1) is 7.11 Å². The molecule has 1 atom stereocenters. The van der Waals surface area contributed by atoms with Crippen LogP contribution in [-0.4, -0.2) is 12.1 Å². The first-order valence-corrected chi connectivity index (χ1v) is 6.19. The minimum absolute atomic E-state index is 0.233. The molecule has 0 saturated carbocycles. The highest BCUT2D eigenvalue weighted by atomic mass is 19.1. The number of benzene rings is 1. The average Bonchev–Trinajstić information content (AvgIpc) is 2.46. The summed E-state index contributed by atoms with van der Waals surface area (Å²) >= 11 is 0. The summed E-state index contributed by atoms with van der Waals surface area (Å²) < 4.78 is 19.0. The first-order valence-electron chi connectivity index (χ1n) is 6.19. The molecule has 0 aliphatic heterocycles. The number of hydrogen-bond donors (Lipinski definition) is 1. The van der Waals surface area contributed by atoms with Crippen molar-refractivity contribution in [3.05, 3.63) is 59.7 Å². The van der Waals surface area contributed by atoms with Gasteiger partial charge in [-0.25, -0.2) is 4.39 Å². The van der Waals surface area contributed by atoms with E-state index in [-0.39, 0.29) is 17.6 Å². The number of methoxy groups -OCH3 is 1. The van der Waals surface area contributed by atoms with Crippen molar-refractivity contribution in [2.75, 3.05) is 7.11 Å². The number of ether oxygens (including phenoxy) is 1. The monoisotopic (exact) mass is 260 g/mol. The lowest BCUT2D eigenvalue weighted by atomic mass is 9.99. The van der Waals surface area contributed by atoms with Crippen LogP contribution in [0.15, 0.2) is 42.7 Å². The molecule has 0 amide bonds. The maximum Gasteiger partial charge on any atom is 0.169 e. The van der Waals surface area contributed by atoms with Gasteiger partial charge in [-0.05, 0) is 36.6 Å². The fourth-order valence-electron chi connectivity index (χ4n) is 2.00. The Balaban J connectivity index is 2.06. The molecule has 2 N–H and O–H groups in total. The van der Waals surface area contributed by atoms with E-state index in [1.54, 1.807) is 30.6 Å². The second-order valence-electron chi connectivity index (χ2n) is 4.36. The smallest absolute Gasteiger partial charge is 0.169 e. The largest absolute Gasteiger partial charge is 0.494 e. The summed E-state index contributed by atoms with van der Waals surface area (Å²) in [4.78, 5) is 3.96. The average molecular weight is 260 g/mol. The molecule has 2 aromatic rings. The zero-order chi connectivity index (χ0) is 13.7. The maximum absolute atomic E-state index is 14.0. The van der Waals surface area contributed by atoms with E-state index >= 15 is 0 Å². The number of nitrogens with two attached hydrogens (primary N) is 1. The van der Waals surface area contributed by atoms with Gasteiger partial charge >= 0.3 is 0 Å². The highest BCUT2D eigenvalue weighted by molar-refractivity contribution is 5.33. The zero-order valence-electron chi connectivity index (χ0n) is 10.8. The van der Waals surface area contributed by atoms with Crippen molar-refractivity contribution < 1.29 is 9.13 Å². The van der Waals surface area contributed by atoms with Crippen LogP contribution in [0.25, 0.3) is 0 Å². The number of pyridine rings is 1. The number of nitrogens with zero attached hydrogens (tertiary/aromatic N) is 1. The molecule has 4 heteroatoms. The van der Waals surface area contributed by atoms with Crippen LogP contribution in [0, 0.1) is 5.82 Å². The van der Waals surface area contributed by atoms with Crippen molar-refractivity contribution in [1.82, 2.24) is 4.98 Å². The summed E-state index contributed by atoms with van der Waals surface area (Å²) in [6.07, 6.45) is 4.95. The van der Waals surface area contributed by atoms with Gasteiger partial charge in [0.15, 0.2) is 11.6 Å². The van der Waals surface area contributed by atoms with E-state index in [4.69, 9.17) is 10.5 Å². The van der Waals surface area contributed by atoms with Crippen LogP contribution in [0.5, 0.6) is 5.75 Å². The highest BCUT2D eigenvalue weighted by Crippen LogP contribution is 2.26. The second-order valence-corrected chi connectivity index (χ2v) is 4.36. The lowest BCUT2D eigenvalue weighted by Gasteiger charge is -2.14. The van der Waals surface area contributed by atoms with E-state index in [1.165, 1.54) is 7.11 Å². The molecule has 1 aromatic heterocycles. The predicted molar refractivity (Wildman–Crippen MR) is 72.4 cm³/mol. The van der Waals surface area contributed by atoms with Crippen LogP contribution in [0.3, 0.4) is 0 Å². The molecule has 0 saturated heterocycles. The van der Waals surface area contributed by atoms with Gasteiger partial charge in [0.2, 0.25) is 0 Å². The van der Waals surface area contributed by atoms with Crippen LogP contribution in [0.4, 0.5) is 4.39 Å². The van der Waals surface area contributed by atoms with Crippen LogP contribution >= 0.6 is 0 Å². The van der Waals surface area contributed by atoms with Gasteiger partial charge in [-0.1, -0.05) is 12.1 Å². The third kappa shape index (κ3) is 3.29. The Morgan fingerprint density at radius 1 is 1.26 bits per heavy atom. The minimum atomic E-state index is -0.368. The maximum atomic E-state index is 14.0. The Labute approximate surface area is 112 Å². The second kappa shape index (κ2) is 6.29.